The number of ether oxygens (including phenoxy) is 2. The molecule has 0 aromatic carbocycles. The van der Waals surface area contributed by atoms with Crippen molar-refractivity contribution < 1.29 is 124 Å². The van der Waals surface area contributed by atoms with E-state index in [2.05, 4.69) is 9.47 Å². The highest BCUT2D eigenvalue weighted by atomic mass is 19.4. The van der Waals surface area contributed by atoms with Crippen LogP contribution in [-0.4, -0.2) is 91.2 Å². The van der Waals surface area contributed by atoms with Crippen molar-refractivity contribution in [3.05, 3.63) is 0 Å². The van der Waals surface area contributed by atoms with Gasteiger partial charge in [-0.2, -0.15) is 101 Å². The molecule has 0 aliphatic rings. The zero-order valence-electron chi connectivity index (χ0n) is 19.4. The second-order valence-electron chi connectivity index (χ2n) is 7.99. The molecule has 0 atom stereocenters. The van der Waals surface area contributed by atoms with Gasteiger partial charge in [0.05, 0.1) is 6.42 Å². The molecule has 0 saturated heterocycles. The summed E-state index contributed by atoms with van der Waals surface area (Å²) < 4.78 is 330. The predicted octanol–water partition coefficient (Wildman–Crippen LogP) is 8.71. The highest BCUT2D eigenvalue weighted by Gasteiger charge is 2.93. The SMILES string of the molecule is O=C(OCCC(F)(F)C(F)(F)C(F)(F)C(F)(F)F)OCC(F)(F)C(F)(F)C(F)(F)C(F)(F)C(F)(F)C(F)(F)C(F)(F)C(F)F. The smallest absolute Gasteiger partial charge is 0.434 e. The zero-order chi connectivity index (χ0) is 36.2. The van der Waals surface area contributed by atoms with Gasteiger partial charge in [-0.3, -0.25) is 0 Å². The van der Waals surface area contributed by atoms with Crippen LogP contribution in [0.15, 0.2) is 0 Å². The summed E-state index contributed by atoms with van der Waals surface area (Å²) in [5.41, 5.74) is 0. The van der Waals surface area contributed by atoms with Gasteiger partial charge in [0.25, 0.3) is 0 Å². The molecular formula is C16H7F25O3. The van der Waals surface area contributed by atoms with Crippen LogP contribution in [0.25, 0.3) is 0 Å². The summed E-state index contributed by atoms with van der Waals surface area (Å²) >= 11 is 0. The van der Waals surface area contributed by atoms with E-state index < -0.39 is 97.6 Å². The number of carbonyl (C=O) groups excluding carboxylic acids is 1. The van der Waals surface area contributed by atoms with E-state index in [1.54, 1.807) is 0 Å². The summed E-state index contributed by atoms with van der Waals surface area (Å²) in [6, 6.07) is 0. The largest absolute Gasteiger partial charge is 0.508 e. The first-order valence-corrected chi connectivity index (χ1v) is 9.72. The molecule has 0 bridgehead atoms. The minimum atomic E-state index is -8.81. The van der Waals surface area contributed by atoms with Gasteiger partial charge >= 0.3 is 78.0 Å². The first-order valence-electron chi connectivity index (χ1n) is 9.72. The van der Waals surface area contributed by atoms with Crippen molar-refractivity contribution in [1.82, 2.24) is 0 Å². The zero-order valence-corrected chi connectivity index (χ0v) is 19.4. The van der Waals surface area contributed by atoms with E-state index in [0.29, 0.717) is 0 Å². The van der Waals surface area contributed by atoms with Crippen LogP contribution in [0.4, 0.5) is 115 Å². The molecule has 28 heteroatoms. The molecule has 0 fully saturated rings. The van der Waals surface area contributed by atoms with Gasteiger partial charge in [-0.25, -0.2) is 13.6 Å². The lowest BCUT2D eigenvalue weighted by molar-refractivity contribution is -0.447. The van der Waals surface area contributed by atoms with Gasteiger partial charge in [0.15, 0.2) is 6.61 Å². The summed E-state index contributed by atoms with van der Waals surface area (Å²) in [7, 11) is 0. The summed E-state index contributed by atoms with van der Waals surface area (Å²) in [5.74, 6) is -79.2. The Labute approximate surface area is 223 Å². The third kappa shape index (κ3) is 6.17. The Morgan fingerprint density at radius 3 is 1.16 bits per heavy atom. The minimum Gasteiger partial charge on any atom is -0.434 e. The van der Waals surface area contributed by atoms with Gasteiger partial charge in [-0.05, 0) is 0 Å². The fraction of sp³-hybridized carbons (Fsp3) is 0.938. The molecule has 0 amide bonds. The number of carbonyl (C=O) groups is 1. The lowest BCUT2D eigenvalue weighted by atomic mass is 9.89. The molecule has 0 aliphatic heterocycles. The Bertz CT molecular complexity index is 1010. The van der Waals surface area contributed by atoms with Crippen molar-refractivity contribution in [2.24, 2.45) is 0 Å². The molecule has 0 unspecified atom stereocenters. The molecule has 0 rings (SSSR count). The van der Waals surface area contributed by atoms with Crippen LogP contribution >= 0.6 is 0 Å². The van der Waals surface area contributed by atoms with Crippen LogP contribution in [0, 0.1) is 0 Å². The van der Waals surface area contributed by atoms with E-state index >= 15 is 0 Å². The van der Waals surface area contributed by atoms with Crippen molar-refractivity contribution in [1.29, 1.82) is 0 Å². The number of hydrogen-bond acceptors (Lipinski definition) is 3. The van der Waals surface area contributed by atoms with E-state index in [1.807, 2.05) is 0 Å². The summed E-state index contributed by atoms with van der Waals surface area (Å²) in [4.78, 5) is 10.9. The normalized spacial score (nSPS) is 16.0. The molecular weight excluding hydrogens is 715 g/mol. The van der Waals surface area contributed by atoms with Crippen molar-refractivity contribution >= 4 is 6.16 Å². The molecule has 0 radical (unpaired) electrons. The predicted molar refractivity (Wildman–Crippen MR) is 83.4 cm³/mol. The van der Waals surface area contributed by atoms with Gasteiger partial charge in [0.2, 0.25) is 0 Å². The van der Waals surface area contributed by atoms with Crippen LogP contribution in [0.1, 0.15) is 6.42 Å². The van der Waals surface area contributed by atoms with Crippen LogP contribution in [0.5, 0.6) is 0 Å². The second kappa shape index (κ2) is 11.4. The van der Waals surface area contributed by atoms with Gasteiger partial charge in [0, 0.05) is 0 Å². The van der Waals surface area contributed by atoms with Gasteiger partial charge in [-0.15, -0.1) is 0 Å². The Hall–Kier alpha value is -2.48. The molecule has 0 N–H and O–H groups in total. The number of hydrogen-bond donors (Lipinski definition) is 0. The van der Waals surface area contributed by atoms with E-state index in [9.17, 15) is 115 Å². The van der Waals surface area contributed by atoms with Crippen molar-refractivity contribution in [2.75, 3.05) is 13.2 Å². The van der Waals surface area contributed by atoms with Crippen molar-refractivity contribution in [2.45, 2.75) is 78.2 Å². The molecule has 0 saturated carbocycles. The summed E-state index contributed by atoms with van der Waals surface area (Å²) in [5, 5.41) is 0. The average Bonchev–Trinajstić information content (AvgIpc) is 2.80. The Balaban J connectivity index is 5.90. The first kappa shape index (κ1) is 41.5. The highest BCUT2D eigenvalue weighted by Crippen LogP contribution is 2.63. The van der Waals surface area contributed by atoms with Crippen molar-refractivity contribution in [3.8, 4) is 0 Å². The van der Waals surface area contributed by atoms with Crippen LogP contribution in [0.2, 0.25) is 0 Å². The lowest BCUT2D eigenvalue weighted by Gasteiger charge is -2.42. The van der Waals surface area contributed by atoms with E-state index in [4.69, 9.17) is 0 Å². The summed E-state index contributed by atoms with van der Waals surface area (Å²) in [6.45, 7) is -6.48. The highest BCUT2D eigenvalue weighted by molar-refractivity contribution is 5.59. The van der Waals surface area contributed by atoms with Crippen LogP contribution in [-0.2, 0) is 9.47 Å². The quantitative estimate of drug-likeness (QED) is 0.133. The monoisotopic (exact) mass is 722 g/mol. The third-order valence-electron chi connectivity index (χ3n) is 4.95. The molecule has 0 heterocycles. The maximum absolute atomic E-state index is 13.6. The van der Waals surface area contributed by atoms with Crippen LogP contribution < -0.4 is 0 Å². The van der Waals surface area contributed by atoms with E-state index in [1.165, 1.54) is 0 Å². The fourth-order valence-electron chi connectivity index (χ4n) is 2.28. The van der Waals surface area contributed by atoms with E-state index in [-0.39, 0.29) is 0 Å². The van der Waals surface area contributed by atoms with Gasteiger partial charge in [0.1, 0.15) is 6.61 Å². The maximum Gasteiger partial charge on any atom is 0.508 e. The lowest BCUT2D eigenvalue weighted by Crippen LogP contribution is -2.74. The maximum atomic E-state index is 13.6. The number of halogens is 25. The standard InChI is InChI=1S/C16H7F25O3/c17-4(18)8(23,24)11(29,30)13(33,34)14(35,36)12(31,32)10(27,28)7(21,22)3-44-5(42)43-2-1-6(19,20)9(25,26)15(37,38)16(39,40)41/h4H,1-3H2. The fourth-order valence-corrected chi connectivity index (χ4v) is 2.28. The molecule has 0 aliphatic carbocycles. The summed E-state index contributed by atoms with van der Waals surface area (Å²) in [6.07, 6.45) is -19.8. The van der Waals surface area contributed by atoms with Crippen LogP contribution in [0.3, 0.4) is 0 Å². The van der Waals surface area contributed by atoms with Crippen molar-refractivity contribution in [3.63, 3.8) is 0 Å². The molecule has 0 aromatic rings. The topological polar surface area (TPSA) is 35.5 Å². The average molecular weight is 722 g/mol. The van der Waals surface area contributed by atoms with Gasteiger partial charge in [-0.1, -0.05) is 0 Å². The first-order chi connectivity index (χ1) is 18.8. The number of rotatable bonds is 14. The van der Waals surface area contributed by atoms with Gasteiger partial charge < -0.3 is 9.47 Å². The molecule has 44 heavy (non-hydrogen) atoms. The molecule has 0 spiro atoms. The third-order valence-corrected chi connectivity index (χ3v) is 4.95. The number of alkyl halides is 25. The van der Waals surface area contributed by atoms with E-state index in [0.717, 1.165) is 0 Å². The molecule has 264 valence electrons. The Morgan fingerprint density at radius 1 is 0.455 bits per heavy atom. The minimum absolute atomic E-state index is 2.59. The molecule has 3 nitrogen and oxygen atoms in total. The Morgan fingerprint density at radius 2 is 0.795 bits per heavy atom. The second-order valence-corrected chi connectivity index (χ2v) is 7.99. The Kier molecular flexibility index (Phi) is 10.8. The molecule has 0 aromatic heterocycles.